The Morgan fingerprint density at radius 2 is 1.90 bits per heavy atom. The fraction of sp³-hybridized carbons (Fsp3) is 0.500. The van der Waals surface area contributed by atoms with Crippen molar-refractivity contribution in [3.05, 3.63) is 29.5 Å². The minimum Gasteiger partial charge on any atom is -0.465 e. The second-order valence-electron chi connectivity index (χ2n) is 5.35. The standard InChI is InChI=1S/C14H22N6O/c1-9-6-7-11(21-9)8-20(5)10(2)12-16-13(15)18-14(17-12)19(3)4/h6-7,10H,8H2,1-5H3,(H2,15,16,17,18)/t10-/m0/s1. The molecule has 0 fully saturated rings. The predicted octanol–water partition coefficient (Wildman–Crippen LogP) is 1.61. The molecule has 7 nitrogen and oxygen atoms in total. The van der Waals surface area contributed by atoms with Gasteiger partial charge in [0.05, 0.1) is 12.6 Å². The summed E-state index contributed by atoms with van der Waals surface area (Å²) in [5.74, 6) is 3.27. The zero-order valence-corrected chi connectivity index (χ0v) is 13.2. The first kappa shape index (κ1) is 15.2. The third-order valence-corrected chi connectivity index (χ3v) is 3.29. The molecule has 0 bridgehead atoms. The van der Waals surface area contributed by atoms with E-state index in [0.29, 0.717) is 18.3 Å². The molecule has 0 aliphatic carbocycles. The van der Waals surface area contributed by atoms with Crippen molar-refractivity contribution in [3.8, 4) is 0 Å². The fourth-order valence-corrected chi connectivity index (χ4v) is 1.93. The van der Waals surface area contributed by atoms with Crippen molar-refractivity contribution in [2.75, 3.05) is 31.8 Å². The average Bonchev–Trinajstić information content (AvgIpc) is 2.82. The second-order valence-corrected chi connectivity index (χ2v) is 5.35. The molecule has 2 aromatic rings. The van der Waals surface area contributed by atoms with Crippen LogP contribution in [0.25, 0.3) is 0 Å². The second kappa shape index (κ2) is 6.09. The van der Waals surface area contributed by atoms with Gasteiger partial charge in [-0.2, -0.15) is 15.0 Å². The number of hydrogen-bond donors (Lipinski definition) is 1. The first-order chi connectivity index (χ1) is 9.86. The molecule has 0 saturated heterocycles. The van der Waals surface area contributed by atoms with Crippen LogP contribution in [0.5, 0.6) is 0 Å². The molecule has 21 heavy (non-hydrogen) atoms. The molecule has 1 atom stereocenters. The Morgan fingerprint density at radius 3 is 2.48 bits per heavy atom. The van der Waals surface area contributed by atoms with Crippen molar-refractivity contribution in [2.24, 2.45) is 0 Å². The Morgan fingerprint density at radius 1 is 1.19 bits per heavy atom. The molecule has 0 aliphatic rings. The molecule has 2 aromatic heterocycles. The monoisotopic (exact) mass is 290 g/mol. The van der Waals surface area contributed by atoms with Crippen molar-refractivity contribution >= 4 is 11.9 Å². The summed E-state index contributed by atoms with van der Waals surface area (Å²) in [4.78, 5) is 16.7. The molecule has 0 aliphatic heterocycles. The Balaban J connectivity index is 2.16. The molecule has 0 radical (unpaired) electrons. The van der Waals surface area contributed by atoms with Crippen LogP contribution in [0.4, 0.5) is 11.9 Å². The van der Waals surface area contributed by atoms with E-state index in [4.69, 9.17) is 10.2 Å². The number of anilines is 2. The summed E-state index contributed by atoms with van der Waals surface area (Å²) in [5.41, 5.74) is 5.77. The van der Waals surface area contributed by atoms with Gasteiger partial charge in [0.25, 0.3) is 0 Å². The minimum atomic E-state index is -0.000550. The summed E-state index contributed by atoms with van der Waals surface area (Å²) in [6.45, 7) is 4.64. The average molecular weight is 290 g/mol. The first-order valence-corrected chi connectivity index (χ1v) is 6.81. The largest absolute Gasteiger partial charge is 0.465 e. The van der Waals surface area contributed by atoms with Gasteiger partial charge in [-0.25, -0.2) is 0 Å². The Kier molecular flexibility index (Phi) is 4.42. The maximum Gasteiger partial charge on any atom is 0.229 e. The van der Waals surface area contributed by atoms with Crippen LogP contribution in [0.1, 0.15) is 30.3 Å². The number of furan rings is 1. The molecule has 0 aromatic carbocycles. The van der Waals surface area contributed by atoms with Gasteiger partial charge in [0, 0.05) is 14.1 Å². The van der Waals surface area contributed by atoms with Crippen LogP contribution in [-0.2, 0) is 6.54 Å². The lowest BCUT2D eigenvalue weighted by Gasteiger charge is -2.23. The topological polar surface area (TPSA) is 84.3 Å². The zero-order chi connectivity index (χ0) is 15.6. The van der Waals surface area contributed by atoms with Gasteiger partial charge in [-0.3, -0.25) is 4.90 Å². The van der Waals surface area contributed by atoms with E-state index >= 15 is 0 Å². The number of aromatic nitrogens is 3. The number of nitrogens with two attached hydrogens (primary N) is 1. The third-order valence-electron chi connectivity index (χ3n) is 3.29. The summed E-state index contributed by atoms with van der Waals surface area (Å²) in [7, 11) is 5.74. The SMILES string of the molecule is Cc1ccc(CN(C)[C@@H](C)c2nc(N)nc(N(C)C)n2)o1. The van der Waals surface area contributed by atoms with Gasteiger partial charge in [0.15, 0.2) is 5.82 Å². The number of aryl methyl sites for hydroxylation is 1. The van der Waals surface area contributed by atoms with E-state index in [9.17, 15) is 0 Å². The molecular weight excluding hydrogens is 268 g/mol. The molecule has 7 heteroatoms. The number of rotatable bonds is 5. The highest BCUT2D eigenvalue weighted by molar-refractivity contribution is 5.33. The van der Waals surface area contributed by atoms with E-state index in [1.54, 1.807) is 0 Å². The highest BCUT2D eigenvalue weighted by Crippen LogP contribution is 2.20. The van der Waals surface area contributed by atoms with E-state index in [0.717, 1.165) is 11.5 Å². The minimum absolute atomic E-state index is 0.000550. The van der Waals surface area contributed by atoms with E-state index in [2.05, 4.69) is 19.9 Å². The van der Waals surface area contributed by atoms with Gasteiger partial charge in [0.1, 0.15) is 11.5 Å². The van der Waals surface area contributed by atoms with Gasteiger partial charge in [0.2, 0.25) is 11.9 Å². The lowest BCUT2D eigenvalue weighted by Crippen LogP contribution is -2.25. The molecule has 2 rings (SSSR count). The fourth-order valence-electron chi connectivity index (χ4n) is 1.93. The molecule has 0 saturated carbocycles. The van der Waals surface area contributed by atoms with Crippen molar-refractivity contribution in [3.63, 3.8) is 0 Å². The van der Waals surface area contributed by atoms with Crippen LogP contribution in [0.15, 0.2) is 16.5 Å². The normalized spacial score (nSPS) is 12.7. The maximum atomic E-state index is 5.77. The van der Waals surface area contributed by atoms with E-state index < -0.39 is 0 Å². The Labute approximate surface area is 124 Å². The van der Waals surface area contributed by atoms with Crippen LogP contribution in [-0.4, -0.2) is 41.0 Å². The summed E-state index contributed by atoms with van der Waals surface area (Å²) in [5, 5.41) is 0. The van der Waals surface area contributed by atoms with Gasteiger partial charge in [-0.1, -0.05) is 0 Å². The van der Waals surface area contributed by atoms with Crippen molar-refractivity contribution in [1.82, 2.24) is 19.9 Å². The predicted molar refractivity (Wildman–Crippen MR) is 81.9 cm³/mol. The van der Waals surface area contributed by atoms with Gasteiger partial charge >= 0.3 is 0 Å². The maximum absolute atomic E-state index is 5.77. The molecular formula is C14H22N6O. The Hall–Kier alpha value is -2.15. The lowest BCUT2D eigenvalue weighted by atomic mass is 10.2. The smallest absolute Gasteiger partial charge is 0.229 e. The van der Waals surface area contributed by atoms with Gasteiger partial charge < -0.3 is 15.1 Å². The van der Waals surface area contributed by atoms with Crippen LogP contribution < -0.4 is 10.6 Å². The van der Waals surface area contributed by atoms with Crippen LogP contribution in [0, 0.1) is 6.92 Å². The van der Waals surface area contributed by atoms with Gasteiger partial charge in [-0.15, -0.1) is 0 Å². The first-order valence-electron chi connectivity index (χ1n) is 6.81. The van der Waals surface area contributed by atoms with Gasteiger partial charge in [-0.05, 0) is 33.0 Å². The summed E-state index contributed by atoms with van der Waals surface area (Å²) in [6.07, 6.45) is 0. The zero-order valence-electron chi connectivity index (χ0n) is 13.2. The van der Waals surface area contributed by atoms with Crippen molar-refractivity contribution in [1.29, 1.82) is 0 Å². The molecule has 0 unspecified atom stereocenters. The molecule has 0 spiro atoms. The van der Waals surface area contributed by atoms with Crippen molar-refractivity contribution < 1.29 is 4.42 Å². The highest BCUT2D eigenvalue weighted by atomic mass is 16.3. The number of hydrogen-bond acceptors (Lipinski definition) is 7. The molecule has 0 amide bonds. The summed E-state index contributed by atoms with van der Waals surface area (Å²) >= 11 is 0. The molecule has 2 N–H and O–H groups in total. The summed E-state index contributed by atoms with van der Waals surface area (Å²) in [6, 6.07) is 3.93. The lowest BCUT2D eigenvalue weighted by molar-refractivity contribution is 0.223. The quantitative estimate of drug-likeness (QED) is 0.895. The highest BCUT2D eigenvalue weighted by Gasteiger charge is 2.18. The van der Waals surface area contributed by atoms with E-state index in [-0.39, 0.29) is 12.0 Å². The summed E-state index contributed by atoms with van der Waals surface area (Å²) < 4.78 is 5.60. The third kappa shape index (κ3) is 3.69. The molecule has 2 heterocycles. The van der Waals surface area contributed by atoms with Crippen molar-refractivity contribution in [2.45, 2.75) is 26.4 Å². The van der Waals surface area contributed by atoms with Crippen LogP contribution in [0.2, 0.25) is 0 Å². The number of nitrogens with zero attached hydrogens (tertiary/aromatic N) is 5. The van der Waals surface area contributed by atoms with Crippen LogP contribution >= 0.6 is 0 Å². The van der Waals surface area contributed by atoms with E-state index in [1.807, 2.05) is 52.0 Å². The van der Waals surface area contributed by atoms with E-state index in [1.165, 1.54) is 0 Å². The van der Waals surface area contributed by atoms with Crippen LogP contribution in [0.3, 0.4) is 0 Å². The molecule has 114 valence electrons. The number of nitrogen functional groups attached to an aromatic ring is 1. The Bertz CT molecular complexity index is 609.